The number of amides is 9. The average molecular weight is 1600 g/mol. The fourth-order valence-electron chi connectivity index (χ4n) is 13.9. The van der Waals surface area contributed by atoms with Crippen LogP contribution in [0.5, 0.6) is 0 Å². The summed E-state index contributed by atoms with van der Waals surface area (Å²) in [6, 6.07) is 15.1. The molecule has 3 aromatic carbocycles. The zero-order valence-electron chi connectivity index (χ0n) is 63.6. The van der Waals surface area contributed by atoms with Gasteiger partial charge in [-0.15, -0.1) is 0 Å². The van der Waals surface area contributed by atoms with Gasteiger partial charge in [-0.3, -0.25) is 43.3 Å². The molecule has 5 aromatic rings. The Bertz CT molecular complexity index is 4850. The molecule has 9 amide bonds. The van der Waals surface area contributed by atoms with Crippen LogP contribution in [-0.2, 0) is 76.6 Å². The van der Waals surface area contributed by atoms with Crippen LogP contribution in [0.1, 0.15) is 129 Å². The van der Waals surface area contributed by atoms with E-state index >= 15 is 0 Å². The lowest BCUT2D eigenvalue weighted by Crippen LogP contribution is -2.60. The number of urea groups is 2. The number of esters is 2. The third-order valence-electron chi connectivity index (χ3n) is 19.7. The predicted molar refractivity (Wildman–Crippen MR) is 425 cm³/mol. The quantitative estimate of drug-likeness (QED) is 0.0141. The summed E-state index contributed by atoms with van der Waals surface area (Å²) in [6.07, 6.45) is 7.67. The molecule has 32 nitrogen and oxygen atoms in total. The number of sulfonamides is 1. The lowest BCUT2D eigenvalue weighted by atomic mass is 9.85. The number of rotatable bonds is 31. The zero-order chi connectivity index (χ0) is 80.9. The number of hydrogen-bond donors (Lipinski definition) is 12. The van der Waals surface area contributed by atoms with Crippen molar-refractivity contribution < 1.29 is 70.9 Å². The average Bonchev–Trinajstić information content (AvgIpc) is 1.43. The fraction of sp³-hybridized carbons (Fsp3) is 0.442. The van der Waals surface area contributed by atoms with Crippen molar-refractivity contribution in [1.29, 1.82) is 0 Å². The molecule has 1 aliphatic carbocycles. The second kappa shape index (κ2) is 36.4. The molecule has 0 saturated carbocycles. The van der Waals surface area contributed by atoms with E-state index < -0.39 is 135 Å². The van der Waals surface area contributed by atoms with Gasteiger partial charge in [0.05, 0.1) is 64.5 Å². The minimum atomic E-state index is -4.23. The van der Waals surface area contributed by atoms with Gasteiger partial charge in [0.1, 0.15) is 36.8 Å². The number of carbonyl (C=O) groups is 10. The Labute approximate surface area is 657 Å². The van der Waals surface area contributed by atoms with Crippen LogP contribution in [0, 0.1) is 17.8 Å². The molecule has 1 fully saturated rings. The molecule has 10 rings (SSSR count). The van der Waals surface area contributed by atoms with Crippen LogP contribution in [0.2, 0.25) is 0 Å². The number of anilines is 2. The van der Waals surface area contributed by atoms with E-state index in [1.807, 2.05) is 58.0 Å². The number of ether oxygens (including phenoxy) is 2. The number of hydrogen-bond acceptors (Lipinski definition) is 20. The highest BCUT2D eigenvalue weighted by Gasteiger charge is 2.52. The maximum atomic E-state index is 14.8. The van der Waals surface area contributed by atoms with Crippen molar-refractivity contribution in [2.24, 2.45) is 27.7 Å². The number of likely N-dealkylation sites (tertiary alicyclic amines) is 1. The molecule has 4 aliphatic heterocycles. The van der Waals surface area contributed by atoms with Crippen LogP contribution in [0.15, 0.2) is 128 Å². The van der Waals surface area contributed by atoms with Crippen LogP contribution in [0.4, 0.5) is 21.0 Å². The number of carboxylic acid groups (broad SMARTS) is 1. The summed E-state index contributed by atoms with van der Waals surface area (Å²) in [7, 11) is -4.23. The van der Waals surface area contributed by atoms with Gasteiger partial charge >= 0.3 is 30.0 Å². The minimum absolute atomic E-state index is 0.0130. The topological polar surface area (TPSA) is 439 Å². The highest BCUT2D eigenvalue weighted by molar-refractivity contribution is 7.98. The highest BCUT2D eigenvalue weighted by Crippen LogP contribution is 2.42. The number of nitrogens with one attached hydrogen (secondary N) is 11. The molecule has 5 aliphatic rings. The number of thiocarbonyl (C=S) groups is 1. The Morgan fingerprint density at radius 2 is 1.61 bits per heavy atom. The molecule has 8 atom stereocenters. The fourth-order valence-corrected chi connectivity index (χ4v) is 15.8. The third kappa shape index (κ3) is 20.2. The second-order valence-corrected chi connectivity index (χ2v) is 32.1. The first-order valence-electron chi connectivity index (χ1n) is 37.0. The summed E-state index contributed by atoms with van der Waals surface area (Å²) in [5.74, 6) is -7.82. The monoisotopic (exact) mass is 1590 g/mol. The summed E-state index contributed by atoms with van der Waals surface area (Å²) >= 11 is 7.10. The molecule has 0 spiro atoms. The maximum absolute atomic E-state index is 14.8. The van der Waals surface area contributed by atoms with Crippen LogP contribution < -0.4 is 63.4 Å². The molecular formula is C77H94N16O16S3. The minimum Gasteiger partial charge on any atom is -0.481 e. The van der Waals surface area contributed by atoms with Crippen molar-refractivity contribution in [2.75, 3.05) is 48.2 Å². The first kappa shape index (κ1) is 83.4. The number of cyclic esters (lactones) is 1. The first-order valence-corrected chi connectivity index (χ1v) is 40.3. The number of aliphatic carboxylic acids is 1. The number of aromatic nitrogens is 2. The van der Waals surface area contributed by atoms with Gasteiger partial charge in [0.15, 0.2) is 5.11 Å². The van der Waals surface area contributed by atoms with E-state index in [2.05, 4.69) is 67.9 Å². The molecule has 112 heavy (non-hydrogen) atoms. The van der Waals surface area contributed by atoms with E-state index in [4.69, 9.17) is 26.7 Å². The molecule has 0 radical (unpaired) electrons. The normalized spacial score (nSPS) is 19.3. The van der Waals surface area contributed by atoms with Crippen LogP contribution in [0.25, 0.3) is 22.3 Å². The van der Waals surface area contributed by atoms with Crippen LogP contribution >= 0.6 is 24.0 Å². The van der Waals surface area contributed by atoms with Gasteiger partial charge in [-0.05, 0) is 142 Å². The lowest BCUT2D eigenvalue weighted by Gasteiger charge is -2.37. The summed E-state index contributed by atoms with van der Waals surface area (Å²) in [5.41, 5.74) is 0.571. The molecule has 2 aromatic heterocycles. The van der Waals surface area contributed by atoms with Crippen LogP contribution in [0.3, 0.4) is 0 Å². The SMILES string of the molecule is CCCNC(=O)Nc1cccc(S(=O)(=O)Nc2cccc(C(CC(=O)O)=NC(=O)NC3=CC=C(NC(=S)N4CCCC4C(=O)NC(CC(C)C)C(=O)NCC(=O)NC(CSC)C(=O)NC(CC4(C)CNC=N4)C(=O)NC(C(=O)OC4(CC)C(=O)OCc5c4cc4n(c5=O)Cc5cc6ccccc6nc5-4)C(C)C)C(C)C3)c2)c1. The van der Waals surface area contributed by atoms with E-state index in [0.29, 0.717) is 60.7 Å². The Kier molecular flexibility index (Phi) is 27.1. The Morgan fingerprint density at radius 1 is 0.857 bits per heavy atom. The van der Waals surface area contributed by atoms with Gasteiger partial charge < -0.3 is 77.2 Å². The zero-order valence-corrected chi connectivity index (χ0v) is 66.0. The predicted octanol–water partition coefficient (Wildman–Crippen LogP) is 5.68. The molecular weight excluding hydrogens is 1500 g/mol. The Balaban J connectivity index is 0.739. The van der Waals surface area contributed by atoms with Crippen molar-refractivity contribution in [2.45, 2.75) is 166 Å². The highest BCUT2D eigenvalue weighted by atomic mass is 32.2. The molecule has 0 bridgehead atoms. The standard InChI is InChI=1S/C77H94N16O16S3/c1-10-26-79-73(104)82-48-19-15-21-51(32-48)112(106,107)91-50-20-14-18-46(31-50)56(34-63(95)96)88-74(105)83-49-24-25-54(44(7)29-49)89-75(110)92-27-16-23-60(92)69(100)86-57(28-42(3)4)66(97)80-36-62(94)84-59(39-111-9)68(99)87-58(35-76(8)40-78-41-81-76)67(98)90-64(43(5)6)71(102)109-77(11-2)53-33-61-65-47(30-45-17-12-13-22-55(45)85-65)37-93(61)70(101)52(53)38-108-72(77)103/h12-15,17-22,24-25,30-33,41-44,57-60,64,91H,10-11,16,23,26-29,34-40H2,1-9H3,(H,78,81)(H,80,97)(H,83,105)(H,84,94)(H,86,100)(H,87,99)(H,89,110)(H,90,98)(H,95,96)(H2,79,82,104). The Morgan fingerprint density at radius 3 is 2.31 bits per heavy atom. The summed E-state index contributed by atoms with van der Waals surface area (Å²) in [4.78, 5) is 167. The lowest BCUT2D eigenvalue weighted by molar-refractivity contribution is -0.191. The molecule has 596 valence electrons. The third-order valence-corrected chi connectivity index (χ3v) is 22.0. The Hall–Kier alpha value is -11.1. The number of benzene rings is 3. The van der Waals surface area contributed by atoms with Gasteiger partial charge in [-0.25, -0.2) is 32.6 Å². The van der Waals surface area contributed by atoms with Gasteiger partial charge in [-0.1, -0.05) is 84.9 Å². The number of nitrogens with zero attached hydrogens (tertiary/aromatic N) is 5. The smallest absolute Gasteiger partial charge is 0.355 e. The molecule has 12 N–H and O–H groups in total. The van der Waals surface area contributed by atoms with E-state index in [1.165, 1.54) is 66.6 Å². The van der Waals surface area contributed by atoms with E-state index in [1.54, 1.807) is 61.6 Å². The maximum Gasteiger partial charge on any atom is 0.355 e. The van der Waals surface area contributed by atoms with E-state index in [9.17, 15) is 66.3 Å². The van der Waals surface area contributed by atoms with Crippen molar-refractivity contribution in [1.82, 2.24) is 62.3 Å². The largest absolute Gasteiger partial charge is 0.481 e. The van der Waals surface area contributed by atoms with Crippen molar-refractivity contribution in [3.63, 3.8) is 0 Å². The number of para-hydroxylation sites is 1. The summed E-state index contributed by atoms with van der Waals surface area (Å²) in [5, 5.41) is 38.9. The van der Waals surface area contributed by atoms with Gasteiger partial charge in [-0.2, -0.15) is 16.8 Å². The van der Waals surface area contributed by atoms with Gasteiger partial charge in [0.2, 0.25) is 35.1 Å². The van der Waals surface area contributed by atoms with E-state index in [-0.39, 0.29) is 107 Å². The molecule has 35 heteroatoms. The molecule has 6 heterocycles. The summed E-state index contributed by atoms with van der Waals surface area (Å²) in [6.45, 7) is 14.5. The van der Waals surface area contributed by atoms with Gasteiger partial charge in [0, 0.05) is 77.0 Å². The van der Waals surface area contributed by atoms with Crippen molar-refractivity contribution in [3.05, 3.63) is 141 Å². The number of fused-ring (bicyclic) bond motifs is 5. The first-order chi connectivity index (χ1) is 53.3. The van der Waals surface area contributed by atoms with Crippen LogP contribution in [-0.4, -0.2) is 179 Å². The number of pyridine rings is 2. The number of thioether (sulfide) groups is 1. The molecule has 8 unspecified atom stereocenters. The van der Waals surface area contributed by atoms with Crippen molar-refractivity contribution >= 4 is 133 Å². The van der Waals surface area contributed by atoms with E-state index in [0.717, 1.165) is 10.9 Å². The number of aliphatic imine (C=N–C) groups is 2. The van der Waals surface area contributed by atoms with Crippen molar-refractivity contribution in [3.8, 4) is 11.4 Å². The van der Waals surface area contributed by atoms with Gasteiger partial charge in [0.25, 0.3) is 15.6 Å². The number of allylic oxidation sites excluding steroid dienone is 4. The number of carboxylic acids is 1. The summed E-state index contributed by atoms with van der Waals surface area (Å²) < 4.78 is 42.9. The number of carbonyl (C=O) groups excluding carboxylic acids is 9. The molecule has 1 saturated heterocycles. The second-order valence-electron chi connectivity index (χ2n) is 29.2.